The second-order valence-electron chi connectivity index (χ2n) is 28.6. The van der Waals surface area contributed by atoms with Crippen molar-refractivity contribution in [3.8, 4) is 0 Å². The summed E-state index contributed by atoms with van der Waals surface area (Å²) in [6.07, 6.45) is 9.87. The molecule has 4 aliphatic rings. The van der Waals surface area contributed by atoms with E-state index in [-0.39, 0.29) is 114 Å². The van der Waals surface area contributed by atoms with Gasteiger partial charge in [-0.25, -0.2) is 52.9 Å². The van der Waals surface area contributed by atoms with Crippen molar-refractivity contribution in [1.82, 2.24) is 46.9 Å². The number of aliphatic carboxylic acids is 10. The van der Waals surface area contributed by atoms with Crippen LogP contribution in [0.5, 0.6) is 0 Å². The average Bonchev–Trinajstić information content (AvgIpc) is 1.44. The highest BCUT2D eigenvalue weighted by atomic mass is 16.4. The molecule has 4 aliphatic heterocycles. The number of hydrogen-bond acceptors (Lipinski definition) is 18. The number of nitrogens with zero attached hydrogens (tertiary/aromatic N) is 7. The van der Waals surface area contributed by atoms with E-state index in [0.717, 1.165) is 68.9 Å². The first-order valence-electron chi connectivity index (χ1n) is 36.7. The Morgan fingerprint density at radius 1 is 0.393 bits per heavy atom. The van der Waals surface area contributed by atoms with Gasteiger partial charge < -0.3 is 88.3 Å². The summed E-state index contributed by atoms with van der Waals surface area (Å²) in [6.45, 7) is 1.15. The van der Waals surface area contributed by atoms with Crippen LogP contribution in [0.1, 0.15) is 170 Å². The highest BCUT2D eigenvalue weighted by Gasteiger charge is 3.01. The van der Waals surface area contributed by atoms with Gasteiger partial charge in [-0.15, -0.1) is 17.9 Å². The number of unbranched alkanes of at least 4 members (excludes halogenated alkanes) is 11. The minimum Gasteiger partial charge on any atom is -0.481 e. The number of aryl methyl sites for hydroxylation is 1. The number of carbonyl (C=O) groups excluding carboxylic acids is 4. The Bertz CT molecular complexity index is 3340. The number of anilines is 1. The predicted molar refractivity (Wildman–Crippen MR) is 373 cm³/mol. The van der Waals surface area contributed by atoms with E-state index < -0.39 is 160 Å². The highest BCUT2D eigenvalue weighted by Crippen LogP contribution is 2.64. The molecule has 38 heteroatoms. The van der Waals surface area contributed by atoms with E-state index in [1.54, 1.807) is 0 Å². The lowest BCUT2D eigenvalue weighted by Gasteiger charge is -2.50. The average molecular weight is 1520 g/mol. The number of carboxylic acid groups (broad SMARTS) is 10. The molecular formula is C69H106N14O24+4. The fourth-order valence-corrected chi connectivity index (χ4v) is 16.7. The largest absolute Gasteiger partial charge is 0.483 e. The SMILES string of the molecule is O=C(O)CC[C@H](NC(=O)N[C@@H](CCCCNC(=O)CCCCCCCCc1nc(Cc2ccc(CC3C[N@@+]4(CC(=O)O)CC[N+]5(CC(=O)O)CC[N+]6(CC(=O)O)CC[N+]3(CC(=O)O)[C@@]654)cc2)nc(NCCCCCCCC(=O)NCCCC[C@H](NC(=O)N[C@@H](CCC(=O)O)C(=O)O)C(=O)O)n1)C(=O)O)C(=O)O. The molecule has 4 unspecified atom stereocenters. The summed E-state index contributed by atoms with van der Waals surface area (Å²) < 4.78 is -0.459. The van der Waals surface area contributed by atoms with Gasteiger partial charge in [0.15, 0.2) is 32.2 Å². The van der Waals surface area contributed by atoms with Crippen LogP contribution in [0.2, 0.25) is 0 Å². The van der Waals surface area contributed by atoms with Crippen LogP contribution in [-0.4, -0.2) is 295 Å². The molecule has 38 nitrogen and oxygen atoms in total. The fourth-order valence-electron chi connectivity index (χ4n) is 16.7. The molecule has 4 saturated heterocycles. The van der Waals surface area contributed by atoms with E-state index >= 15 is 0 Å². The van der Waals surface area contributed by atoms with Crippen molar-refractivity contribution in [3.05, 3.63) is 47.0 Å². The first-order chi connectivity index (χ1) is 50.8. The van der Waals surface area contributed by atoms with E-state index in [2.05, 4.69) is 37.2 Å². The minimum atomic E-state index is -1.53. The summed E-state index contributed by atoms with van der Waals surface area (Å²) in [5.41, 5.74) is 1.68. The maximum absolute atomic E-state index is 13.2. The zero-order valence-corrected chi connectivity index (χ0v) is 60.3. The molecule has 5 heterocycles. The highest BCUT2D eigenvalue weighted by molar-refractivity contribution is 5.87. The molecule has 1 aromatic heterocycles. The molecule has 592 valence electrons. The Labute approximate surface area is 617 Å². The van der Waals surface area contributed by atoms with Gasteiger partial charge in [0, 0.05) is 64.6 Å². The summed E-state index contributed by atoms with van der Waals surface area (Å²) in [5.74, 6) is -13.0. The van der Waals surface area contributed by atoms with Gasteiger partial charge >= 0.3 is 77.7 Å². The lowest BCUT2D eigenvalue weighted by molar-refractivity contribution is -1.36. The van der Waals surface area contributed by atoms with Crippen molar-refractivity contribution in [2.24, 2.45) is 0 Å². The minimum absolute atomic E-state index is 0.00873. The maximum atomic E-state index is 13.2. The van der Waals surface area contributed by atoms with E-state index in [1.165, 1.54) is 0 Å². The molecule has 107 heavy (non-hydrogen) atoms. The van der Waals surface area contributed by atoms with E-state index in [0.29, 0.717) is 81.9 Å². The quantitative estimate of drug-likeness (QED) is 0.0329. The van der Waals surface area contributed by atoms with E-state index in [9.17, 15) is 108 Å². The van der Waals surface area contributed by atoms with Gasteiger partial charge in [-0.05, 0) is 88.2 Å². The standard InChI is InChI=1S/C69H102N14O24/c84-54(70-29-14-11-16-48(62(98)99)73-67(106)75-50(64(102)103)25-27-56(86)87)19-9-5-2-1-4-8-18-52-77-53(79-66(78-52)72-31-13-7-3-6-10-20-55(85)71-30-15-12-17-49(63(100)101)74-68(107)76-51(65(104)105)26-28-57(88)89)39-46-23-21-45(22-24-46)38-47-40-82(43-60(94)95)35-34-80(41-58(90)91)32-33-81(42-59(92)93)36-37-83(47,44-61(96)97)69(80,81)82/h21-24,47-51H,1-20,25-44H2,(H13-4,70,71,72,73,74,75,76,77,78,79,84,85,86,87,88,89,90,91,92,93,94,95,96,97,98,99,100,101,102,103,104,105,106,107)/p+4/t47?,48-,49-,50-,51-,69+,80?,81?,82+,83?/m0/s1. The number of carboxylic acids is 10. The number of carbonyl (C=O) groups is 14. The van der Waals surface area contributed by atoms with Crippen molar-refractivity contribution < 1.29 is 136 Å². The van der Waals surface area contributed by atoms with Crippen LogP contribution in [0.15, 0.2) is 24.3 Å². The maximum Gasteiger partial charge on any atom is 0.483 e. The normalized spacial score (nSPS) is 22.0. The Kier molecular flexibility index (Phi) is 32.7. The Hall–Kier alpha value is -9.95. The third-order valence-electron chi connectivity index (χ3n) is 21.0. The van der Waals surface area contributed by atoms with Crippen LogP contribution < -0.4 is 37.2 Å². The van der Waals surface area contributed by atoms with Crippen LogP contribution in [0.3, 0.4) is 0 Å². The van der Waals surface area contributed by atoms with Gasteiger partial charge in [0.2, 0.25) is 17.8 Å². The predicted octanol–water partition coefficient (Wildman–Crippen LogP) is 1.38. The van der Waals surface area contributed by atoms with Gasteiger partial charge in [-0.2, -0.15) is 9.97 Å². The third kappa shape index (κ3) is 24.0. The molecule has 0 aliphatic carbocycles. The molecule has 4 fully saturated rings. The van der Waals surface area contributed by atoms with Crippen molar-refractivity contribution in [3.63, 3.8) is 0 Å². The Balaban J connectivity index is 1.01. The molecule has 1 aromatic carbocycles. The number of amides is 6. The van der Waals surface area contributed by atoms with Crippen LogP contribution >= 0.6 is 0 Å². The first kappa shape index (κ1) is 86.0. The smallest absolute Gasteiger partial charge is 0.481 e. The number of urea groups is 2. The van der Waals surface area contributed by atoms with Gasteiger partial charge in [0.1, 0.15) is 81.6 Å². The Morgan fingerprint density at radius 2 is 0.776 bits per heavy atom. The summed E-state index contributed by atoms with van der Waals surface area (Å²) in [5, 5.41) is 115. The molecular weight excluding hydrogens is 1410 g/mol. The monoisotopic (exact) mass is 1510 g/mol. The van der Waals surface area contributed by atoms with Gasteiger partial charge in [-0.3, -0.25) is 19.2 Å². The van der Waals surface area contributed by atoms with Crippen LogP contribution in [-0.2, 0) is 76.8 Å². The summed E-state index contributed by atoms with van der Waals surface area (Å²) in [4.78, 5) is 184. The fraction of sp³-hybridized carbons (Fsp3) is 0.667. The second-order valence-corrected chi connectivity index (χ2v) is 28.6. The van der Waals surface area contributed by atoms with E-state index in [4.69, 9.17) is 25.2 Å². The molecule has 10 atom stereocenters. The zero-order chi connectivity index (χ0) is 78.5. The lowest BCUT2D eigenvalue weighted by atomic mass is 10.0. The molecule has 0 radical (unpaired) electrons. The topological polar surface area (TPSA) is 564 Å². The van der Waals surface area contributed by atoms with Crippen molar-refractivity contribution in [2.45, 2.75) is 203 Å². The molecule has 2 aromatic rings. The van der Waals surface area contributed by atoms with Crippen molar-refractivity contribution >= 4 is 89.5 Å². The van der Waals surface area contributed by atoms with Gasteiger partial charge in [-0.1, -0.05) is 69.2 Å². The molecule has 0 saturated carbocycles. The number of aromatic nitrogens is 3. The molecule has 1 spiro atoms. The Morgan fingerprint density at radius 3 is 1.22 bits per heavy atom. The number of nitrogens with one attached hydrogen (secondary N) is 7. The van der Waals surface area contributed by atoms with Gasteiger partial charge in [0.05, 0.1) is 0 Å². The molecule has 6 rings (SSSR count). The van der Waals surface area contributed by atoms with Crippen LogP contribution in [0.4, 0.5) is 15.5 Å². The van der Waals surface area contributed by atoms with Crippen molar-refractivity contribution in [2.75, 3.05) is 96.9 Å². The van der Waals surface area contributed by atoms with Crippen LogP contribution in [0.25, 0.3) is 0 Å². The number of rotatable bonds is 54. The first-order valence-corrected chi connectivity index (χ1v) is 36.7. The zero-order valence-electron chi connectivity index (χ0n) is 60.3. The second kappa shape index (κ2) is 40.7. The summed E-state index contributed by atoms with van der Waals surface area (Å²) in [6, 6.07) is -0.700. The lowest BCUT2D eigenvalue weighted by Crippen LogP contribution is -2.86. The van der Waals surface area contributed by atoms with Gasteiger partial charge in [0.25, 0.3) is 0 Å². The molecule has 6 amide bonds. The summed E-state index contributed by atoms with van der Waals surface area (Å²) in [7, 11) is 0. The van der Waals surface area contributed by atoms with E-state index in [1.807, 2.05) is 24.3 Å². The summed E-state index contributed by atoms with van der Waals surface area (Å²) >= 11 is 0. The number of quaternary nitrogens is 4. The molecule has 17 N–H and O–H groups in total. The third-order valence-corrected chi connectivity index (χ3v) is 21.0. The molecule has 0 bridgehead atoms. The number of hydrogen-bond donors (Lipinski definition) is 17. The van der Waals surface area contributed by atoms with Crippen LogP contribution in [0, 0.1) is 0 Å². The van der Waals surface area contributed by atoms with Crippen molar-refractivity contribution in [1.29, 1.82) is 0 Å². The number of benzene rings is 1.